The summed E-state index contributed by atoms with van der Waals surface area (Å²) < 4.78 is 0. The molecule has 0 spiro atoms. The summed E-state index contributed by atoms with van der Waals surface area (Å²) in [6.45, 7) is 3.39. The molecule has 1 rings (SSSR count). The highest BCUT2D eigenvalue weighted by Gasteiger charge is 2.13. The maximum absolute atomic E-state index is 5.19. The molecule has 0 aromatic heterocycles. The number of nitrogens with one attached hydrogen (secondary N) is 2. The van der Waals surface area contributed by atoms with Crippen LogP contribution in [0.15, 0.2) is 4.99 Å². The fourth-order valence-corrected chi connectivity index (χ4v) is 1.88. The molecule has 0 bridgehead atoms. The number of aliphatic imine (C=N–C) groups is 1. The first-order valence-corrected chi connectivity index (χ1v) is 5.85. The van der Waals surface area contributed by atoms with Gasteiger partial charge in [-0.1, -0.05) is 25.2 Å². The quantitative estimate of drug-likeness (QED) is 0.418. The average molecular weight is 207 g/mol. The molecule has 15 heavy (non-hydrogen) atoms. The van der Waals surface area contributed by atoms with E-state index in [0.717, 1.165) is 12.5 Å². The Hall–Kier alpha value is -1.17. The minimum Gasteiger partial charge on any atom is -0.357 e. The van der Waals surface area contributed by atoms with Crippen LogP contribution in [-0.4, -0.2) is 25.1 Å². The van der Waals surface area contributed by atoms with Gasteiger partial charge in [0.2, 0.25) is 0 Å². The summed E-state index contributed by atoms with van der Waals surface area (Å²) in [7, 11) is 0. The Labute approximate surface area is 92.7 Å². The van der Waals surface area contributed by atoms with Crippen molar-refractivity contribution in [1.29, 1.82) is 0 Å². The van der Waals surface area contributed by atoms with Crippen molar-refractivity contribution in [3.63, 3.8) is 0 Å². The third-order valence-corrected chi connectivity index (χ3v) is 2.62. The van der Waals surface area contributed by atoms with E-state index in [-0.39, 0.29) is 0 Å². The molecular formula is C12H21N3. The third-order valence-electron chi connectivity index (χ3n) is 2.62. The van der Waals surface area contributed by atoms with Crippen molar-refractivity contribution in [1.82, 2.24) is 10.6 Å². The molecule has 0 aliphatic heterocycles. The fourth-order valence-electron chi connectivity index (χ4n) is 1.88. The Bertz CT molecular complexity index is 234. The Morgan fingerprint density at radius 2 is 2.13 bits per heavy atom. The summed E-state index contributed by atoms with van der Waals surface area (Å²) in [6, 6.07) is 0.578. The maximum Gasteiger partial charge on any atom is 0.192 e. The van der Waals surface area contributed by atoms with E-state index < -0.39 is 0 Å². The normalized spacial score (nSPS) is 18.3. The van der Waals surface area contributed by atoms with Crippen LogP contribution >= 0.6 is 0 Å². The lowest BCUT2D eigenvalue weighted by atomic mass is 9.96. The molecule has 1 fully saturated rings. The molecule has 0 aromatic carbocycles. The number of terminal acetylenes is 1. The minimum atomic E-state index is 0.446. The first-order chi connectivity index (χ1) is 7.36. The van der Waals surface area contributed by atoms with E-state index in [1.807, 2.05) is 0 Å². The second-order valence-corrected chi connectivity index (χ2v) is 3.88. The smallest absolute Gasteiger partial charge is 0.192 e. The zero-order chi connectivity index (χ0) is 10.9. The molecule has 2 N–H and O–H groups in total. The summed E-state index contributed by atoms with van der Waals surface area (Å²) in [5, 5.41) is 6.64. The lowest BCUT2D eigenvalue weighted by Crippen LogP contribution is -2.44. The second kappa shape index (κ2) is 7.17. The number of hydrogen-bond acceptors (Lipinski definition) is 1. The van der Waals surface area contributed by atoms with Crippen molar-refractivity contribution in [3.05, 3.63) is 0 Å². The summed E-state index contributed by atoms with van der Waals surface area (Å²) in [5.41, 5.74) is 0. The van der Waals surface area contributed by atoms with Crippen LogP contribution in [0.5, 0.6) is 0 Å². The van der Waals surface area contributed by atoms with Crippen molar-refractivity contribution in [2.24, 2.45) is 4.99 Å². The fraction of sp³-hybridized carbons (Fsp3) is 0.750. The first kappa shape index (κ1) is 11.9. The van der Waals surface area contributed by atoms with Gasteiger partial charge >= 0.3 is 0 Å². The number of nitrogens with zero attached hydrogens (tertiary/aromatic N) is 1. The molecule has 84 valence electrons. The van der Waals surface area contributed by atoms with Crippen LogP contribution < -0.4 is 10.6 Å². The van der Waals surface area contributed by atoms with Gasteiger partial charge in [0.05, 0.1) is 0 Å². The number of rotatable bonds is 3. The average Bonchev–Trinajstić information content (AvgIpc) is 2.28. The number of guanidine groups is 1. The molecular weight excluding hydrogens is 186 g/mol. The van der Waals surface area contributed by atoms with Crippen LogP contribution in [0.1, 0.15) is 39.0 Å². The van der Waals surface area contributed by atoms with Crippen LogP contribution in [0, 0.1) is 12.3 Å². The zero-order valence-corrected chi connectivity index (χ0v) is 9.55. The van der Waals surface area contributed by atoms with E-state index in [2.05, 4.69) is 28.5 Å². The van der Waals surface area contributed by atoms with Crippen LogP contribution in [0.4, 0.5) is 0 Å². The molecule has 1 saturated carbocycles. The Balaban J connectivity index is 2.38. The Kier molecular flexibility index (Phi) is 5.69. The highest BCUT2D eigenvalue weighted by molar-refractivity contribution is 5.80. The van der Waals surface area contributed by atoms with Gasteiger partial charge in [-0.25, -0.2) is 4.99 Å². The van der Waals surface area contributed by atoms with Crippen molar-refractivity contribution in [3.8, 4) is 12.3 Å². The first-order valence-electron chi connectivity index (χ1n) is 5.85. The summed E-state index contributed by atoms with van der Waals surface area (Å²) in [5.74, 6) is 3.39. The molecule has 3 heteroatoms. The molecule has 0 saturated heterocycles. The molecule has 1 aliphatic carbocycles. The molecule has 0 atom stereocenters. The van der Waals surface area contributed by atoms with E-state index in [1.165, 1.54) is 32.1 Å². The summed E-state index contributed by atoms with van der Waals surface area (Å²) >= 11 is 0. The van der Waals surface area contributed by atoms with Gasteiger partial charge in [-0.15, -0.1) is 6.42 Å². The summed E-state index contributed by atoms with van der Waals surface area (Å²) in [4.78, 5) is 4.28. The van der Waals surface area contributed by atoms with E-state index in [1.54, 1.807) is 0 Å². The molecule has 0 aromatic rings. The Morgan fingerprint density at radius 1 is 1.40 bits per heavy atom. The minimum absolute atomic E-state index is 0.446. The van der Waals surface area contributed by atoms with Gasteiger partial charge in [0.25, 0.3) is 0 Å². The van der Waals surface area contributed by atoms with Crippen molar-refractivity contribution in [2.45, 2.75) is 45.1 Å². The zero-order valence-electron chi connectivity index (χ0n) is 9.55. The third kappa shape index (κ3) is 4.73. The van der Waals surface area contributed by atoms with Crippen LogP contribution in [0.3, 0.4) is 0 Å². The van der Waals surface area contributed by atoms with E-state index >= 15 is 0 Å². The van der Waals surface area contributed by atoms with Crippen molar-refractivity contribution < 1.29 is 0 Å². The van der Waals surface area contributed by atoms with E-state index in [4.69, 9.17) is 6.42 Å². The van der Waals surface area contributed by atoms with Crippen LogP contribution in [0.25, 0.3) is 0 Å². The van der Waals surface area contributed by atoms with Crippen LogP contribution in [-0.2, 0) is 0 Å². The lowest BCUT2D eigenvalue weighted by molar-refractivity contribution is 0.410. The van der Waals surface area contributed by atoms with Crippen LogP contribution in [0.2, 0.25) is 0 Å². The summed E-state index contributed by atoms with van der Waals surface area (Å²) in [6.07, 6.45) is 11.7. The molecule has 0 unspecified atom stereocenters. The SMILES string of the molecule is C#CCN=C(NCC)NC1CCCCC1. The van der Waals surface area contributed by atoms with Gasteiger partial charge in [-0.3, -0.25) is 0 Å². The van der Waals surface area contributed by atoms with Gasteiger partial charge in [0.1, 0.15) is 6.54 Å². The highest BCUT2D eigenvalue weighted by Crippen LogP contribution is 2.17. The molecule has 0 amide bonds. The number of hydrogen-bond donors (Lipinski definition) is 2. The van der Waals surface area contributed by atoms with Crippen molar-refractivity contribution >= 4 is 5.96 Å². The van der Waals surface area contributed by atoms with Gasteiger partial charge < -0.3 is 10.6 Å². The predicted octanol–water partition coefficient (Wildman–Crippen LogP) is 1.51. The maximum atomic E-state index is 5.19. The second-order valence-electron chi connectivity index (χ2n) is 3.88. The van der Waals surface area contributed by atoms with E-state index in [9.17, 15) is 0 Å². The largest absolute Gasteiger partial charge is 0.357 e. The van der Waals surface area contributed by atoms with Gasteiger partial charge in [-0.05, 0) is 19.8 Å². The molecule has 1 aliphatic rings. The van der Waals surface area contributed by atoms with Gasteiger partial charge in [-0.2, -0.15) is 0 Å². The van der Waals surface area contributed by atoms with Gasteiger partial charge in [0, 0.05) is 12.6 Å². The standard InChI is InChI=1S/C12H21N3/c1-3-10-14-12(13-4-2)15-11-8-6-5-7-9-11/h1,11H,4-10H2,2H3,(H2,13,14,15). The molecule has 0 radical (unpaired) electrons. The molecule has 0 heterocycles. The Morgan fingerprint density at radius 3 is 2.73 bits per heavy atom. The van der Waals surface area contributed by atoms with Crippen molar-refractivity contribution in [2.75, 3.05) is 13.1 Å². The molecule has 3 nitrogen and oxygen atoms in total. The lowest BCUT2D eigenvalue weighted by Gasteiger charge is -2.24. The monoisotopic (exact) mass is 207 g/mol. The highest BCUT2D eigenvalue weighted by atomic mass is 15.2. The van der Waals surface area contributed by atoms with Gasteiger partial charge in [0.15, 0.2) is 5.96 Å². The predicted molar refractivity (Wildman–Crippen MR) is 64.8 cm³/mol. The topological polar surface area (TPSA) is 36.4 Å². The van der Waals surface area contributed by atoms with E-state index in [0.29, 0.717) is 12.6 Å².